The van der Waals surface area contributed by atoms with Gasteiger partial charge < -0.3 is 5.32 Å². The van der Waals surface area contributed by atoms with Crippen LogP contribution in [0.15, 0.2) is 54.7 Å². The van der Waals surface area contributed by atoms with Crippen molar-refractivity contribution in [3.05, 3.63) is 76.4 Å². The van der Waals surface area contributed by atoms with Crippen molar-refractivity contribution >= 4 is 22.5 Å². The number of halogens is 1. The van der Waals surface area contributed by atoms with E-state index in [2.05, 4.69) is 47.6 Å². The number of aryl methyl sites for hydroxylation is 1. The number of aromatic nitrogens is 1. The van der Waals surface area contributed by atoms with Crippen LogP contribution in [0.2, 0.25) is 5.02 Å². The maximum atomic E-state index is 6.21. The third-order valence-corrected chi connectivity index (χ3v) is 3.88. The van der Waals surface area contributed by atoms with Gasteiger partial charge in [0.15, 0.2) is 0 Å². The van der Waals surface area contributed by atoms with Crippen LogP contribution in [0.4, 0.5) is 0 Å². The number of hydrogen-bond donors (Lipinski definition) is 1. The molecule has 3 heteroatoms. The Bertz CT molecular complexity index is 758. The lowest BCUT2D eigenvalue weighted by molar-refractivity contribution is 0.695. The quantitative estimate of drug-likeness (QED) is 0.769. The van der Waals surface area contributed by atoms with Gasteiger partial charge in [-0.1, -0.05) is 41.9 Å². The van der Waals surface area contributed by atoms with Crippen LogP contribution in [0.5, 0.6) is 0 Å². The SMILES string of the molecule is CNC(c1cc(C)cc(Cl)c1)c1cccc2cccnc12. The molecule has 3 rings (SSSR count). The van der Waals surface area contributed by atoms with Gasteiger partial charge >= 0.3 is 0 Å². The molecule has 1 N–H and O–H groups in total. The Kier molecular flexibility index (Phi) is 3.91. The van der Waals surface area contributed by atoms with Crippen molar-refractivity contribution in [2.24, 2.45) is 0 Å². The Balaban J connectivity index is 2.18. The monoisotopic (exact) mass is 296 g/mol. The first kappa shape index (κ1) is 14.1. The molecular formula is C18H17ClN2. The summed E-state index contributed by atoms with van der Waals surface area (Å²) in [4.78, 5) is 4.55. The number of hydrogen-bond acceptors (Lipinski definition) is 2. The van der Waals surface area contributed by atoms with Gasteiger partial charge in [-0.2, -0.15) is 0 Å². The van der Waals surface area contributed by atoms with Crippen LogP contribution in [-0.2, 0) is 0 Å². The van der Waals surface area contributed by atoms with E-state index in [9.17, 15) is 0 Å². The van der Waals surface area contributed by atoms with Crippen LogP contribution in [0.25, 0.3) is 10.9 Å². The summed E-state index contributed by atoms with van der Waals surface area (Å²) in [7, 11) is 1.96. The van der Waals surface area contributed by atoms with E-state index < -0.39 is 0 Å². The molecule has 1 heterocycles. The van der Waals surface area contributed by atoms with Gasteiger partial charge in [0.25, 0.3) is 0 Å². The number of para-hydroxylation sites is 1. The van der Waals surface area contributed by atoms with Crippen molar-refractivity contribution in [1.29, 1.82) is 0 Å². The van der Waals surface area contributed by atoms with Gasteiger partial charge in [0.2, 0.25) is 0 Å². The van der Waals surface area contributed by atoms with Crippen LogP contribution in [0, 0.1) is 6.92 Å². The van der Waals surface area contributed by atoms with Crippen LogP contribution >= 0.6 is 11.6 Å². The zero-order valence-corrected chi connectivity index (χ0v) is 12.9. The summed E-state index contributed by atoms with van der Waals surface area (Å²) in [5.41, 5.74) is 4.50. The van der Waals surface area contributed by atoms with E-state index in [-0.39, 0.29) is 6.04 Å². The van der Waals surface area contributed by atoms with Crippen molar-refractivity contribution in [3.8, 4) is 0 Å². The predicted octanol–water partition coefficient (Wildman–Crippen LogP) is 4.51. The standard InChI is InChI=1S/C18H17ClN2/c1-12-9-14(11-15(19)10-12)17(20-2)16-7-3-5-13-6-4-8-21-18(13)16/h3-11,17,20H,1-2H3. The molecule has 0 saturated heterocycles. The molecule has 0 amide bonds. The number of nitrogens with zero attached hydrogens (tertiary/aromatic N) is 1. The lowest BCUT2D eigenvalue weighted by atomic mass is 9.95. The predicted molar refractivity (Wildman–Crippen MR) is 88.8 cm³/mol. The van der Waals surface area contributed by atoms with Crippen molar-refractivity contribution in [1.82, 2.24) is 10.3 Å². The normalized spacial score (nSPS) is 12.5. The Labute approximate surface area is 129 Å². The van der Waals surface area contributed by atoms with E-state index in [1.165, 1.54) is 0 Å². The fourth-order valence-corrected chi connectivity index (χ4v) is 3.09. The highest BCUT2D eigenvalue weighted by molar-refractivity contribution is 6.30. The average molecular weight is 297 g/mol. The summed E-state index contributed by atoms with van der Waals surface area (Å²) < 4.78 is 0. The minimum absolute atomic E-state index is 0.0704. The molecule has 0 radical (unpaired) electrons. The van der Waals surface area contributed by atoms with Crippen LogP contribution in [0.3, 0.4) is 0 Å². The van der Waals surface area contributed by atoms with E-state index in [0.717, 1.165) is 32.6 Å². The zero-order chi connectivity index (χ0) is 14.8. The molecule has 2 aromatic carbocycles. The fourth-order valence-electron chi connectivity index (χ4n) is 2.79. The number of nitrogens with one attached hydrogen (secondary N) is 1. The van der Waals surface area contributed by atoms with Crippen LogP contribution < -0.4 is 5.32 Å². The summed E-state index contributed by atoms with van der Waals surface area (Å²) in [6.07, 6.45) is 1.84. The molecule has 1 unspecified atom stereocenters. The molecule has 0 aliphatic carbocycles. The molecule has 2 nitrogen and oxygen atoms in total. The fraction of sp³-hybridized carbons (Fsp3) is 0.167. The number of rotatable bonds is 3. The maximum Gasteiger partial charge on any atom is 0.0753 e. The Morgan fingerprint density at radius 2 is 1.90 bits per heavy atom. The summed E-state index contributed by atoms with van der Waals surface area (Å²) in [5, 5.41) is 5.29. The molecule has 106 valence electrons. The first-order valence-electron chi connectivity index (χ1n) is 6.97. The van der Waals surface area contributed by atoms with Crippen LogP contribution in [0.1, 0.15) is 22.7 Å². The zero-order valence-electron chi connectivity index (χ0n) is 12.1. The van der Waals surface area contributed by atoms with Gasteiger partial charge in [-0.05, 0) is 48.9 Å². The largest absolute Gasteiger partial charge is 0.309 e. The van der Waals surface area contributed by atoms with Gasteiger partial charge in [0.1, 0.15) is 0 Å². The molecule has 0 aliphatic rings. The van der Waals surface area contributed by atoms with Crippen molar-refractivity contribution in [3.63, 3.8) is 0 Å². The summed E-state index contributed by atoms with van der Waals surface area (Å²) in [5.74, 6) is 0. The van der Waals surface area contributed by atoms with Crippen molar-refractivity contribution < 1.29 is 0 Å². The second kappa shape index (κ2) is 5.84. The van der Waals surface area contributed by atoms with Crippen molar-refractivity contribution in [2.75, 3.05) is 7.05 Å². The van der Waals surface area contributed by atoms with Gasteiger partial charge in [0.05, 0.1) is 11.6 Å². The molecule has 1 aromatic heterocycles. The highest BCUT2D eigenvalue weighted by atomic mass is 35.5. The minimum atomic E-state index is 0.0704. The third kappa shape index (κ3) is 2.78. The molecule has 0 saturated carbocycles. The van der Waals surface area contributed by atoms with Gasteiger partial charge in [-0.25, -0.2) is 0 Å². The van der Waals surface area contributed by atoms with E-state index in [0.29, 0.717) is 0 Å². The number of pyridine rings is 1. The Hall–Kier alpha value is -1.90. The number of benzene rings is 2. The number of fused-ring (bicyclic) bond motifs is 1. The lowest BCUT2D eigenvalue weighted by Gasteiger charge is -2.19. The summed E-state index contributed by atoms with van der Waals surface area (Å²) in [6, 6.07) is 16.5. The second-order valence-corrected chi connectivity index (χ2v) is 5.64. The molecule has 0 spiro atoms. The van der Waals surface area contributed by atoms with E-state index in [1.807, 2.05) is 31.4 Å². The minimum Gasteiger partial charge on any atom is -0.309 e. The molecular weight excluding hydrogens is 280 g/mol. The maximum absolute atomic E-state index is 6.21. The first-order valence-corrected chi connectivity index (χ1v) is 7.35. The lowest BCUT2D eigenvalue weighted by Crippen LogP contribution is -2.18. The second-order valence-electron chi connectivity index (χ2n) is 5.21. The van der Waals surface area contributed by atoms with Crippen LogP contribution in [-0.4, -0.2) is 12.0 Å². The van der Waals surface area contributed by atoms with Crippen molar-refractivity contribution in [2.45, 2.75) is 13.0 Å². The van der Waals surface area contributed by atoms with Gasteiger partial charge in [-0.15, -0.1) is 0 Å². The molecule has 1 atom stereocenters. The highest BCUT2D eigenvalue weighted by Gasteiger charge is 2.16. The first-order chi connectivity index (χ1) is 10.2. The smallest absolute Gasteiger partial charge is 0.0753 e. The van der Waals surface area contributed by atoms with E-state index >= 15 is 0 Å². The Morgan fingerprint density at radius 1 is 1.10 bits per heavy atom. The summed E-state index contributed by atoms with van der Waals surface area (Å²) >= 11 is 6.21. The Morgan fingerprint density at radius 3 is 2.67 bits per heavy atom. The molecule has 0 aliphatic heterocycles. The molecule has 0 bridgehead atoms. The molecule has 3 aromatic rings. The van der Waals surface area contributed by atoms with E-state index in [1.54, 1.807) is 0 Å². The van der Waals surface area contributed by atoms with Gasteiger partial charge in [0, 0.05) is 16.6 Å². The van der Waals surface area contributed by atoms with Gasteiger partial charge in [-0.3, -0.25) is 4.98 Å². The van der Waals surface area contributed by atoms with E-state index in [4.69, 9.17) is 11.6 Å². The third-order valence-electron chi connectivity index (χ3n) is 3.66. The highest BCUT2D eigenvalue weighted by Crippen LogP contribution is 2.29. The molecule has 21 heavy (non-hydrogen) atoms. The molecule has 0 fully saturated rings. The topological polar surface area (TPSA) is 24.9 Å². The average Bonchev–Trinajstić information content (AvgIpc) is 2.47. The summed E-state index contributed by atoms with van der Waals surface area (Å²) in [6.45, 7) is 2.06.